The number of fused-ring (bicyclic) bond motifs is 1. The maximum Gasteiger partial charge on any atom is 0.488 e. The van der Waals surface area contributed by atoms with Gasteiger partial charge in [0.15, 0.2) is 5.65 Å². The highest BCUT2D eigenvalue weighted by Gasteiger charge is 2.28. The molecule has 1 atom stereocenters. The molecule has 0 aliphatic carbocycles. The number of nitrogens with two attached hydrogens (primary N) is 1. The third-order valence-electron chi connectivity index (χ3n) is 9.61. The molecule has 6 aromatic rings. The van der Waals surface area contributed by atoms with Crippen LogP contribution in [0.4, 0.5) is 5.82 Å². The number of benzene rings is 4. The van der Waals surface area contributed by atoms with Gasteiger partial charge in [-0.1, -0.05) is 61.2 Å². The molecule has 3 amide bonds. The molecule has 1 aliphatic rings. The lowest BCUT2D eigenvalue weighted by Gasteiger charge is -2.32. The monoisotopic (exact) mass is 786 g/mol. The van der Waals surface area contributed by atoms with Crippen LogP contribution in [-0.2, 0) is 17.9 Å². The summed E-state index contributed by atoms with van der Waals surface area (Å²) in [7, 11) is -1.53. The third-order valence-corrected chi connectivity index (χ3v) is 9.61. The molecule has 7 rings (SSSR count). The number of anilines is 1. The summed E-state index contributed by atoms with van der Waals surface area (Å²) < 4.78 is 1.85. The summed E-state index contributed by atoms with van der Waals surface area (Å²) in [6.45, 7) is 5.34. The molecule has 0 radical (unpaired) electrons. The maximum atomic E-state index is 12.6. The van der Waals surface area contributed by atoms with E-state index >= 15 is 0 Å². The van der Waals surface area contributed by atoms with Gasteiger partial charge < -0.3 is 31.3 Å². The zero-order valence-corrected chi connectivity index (χ0v) is 31.8. The summed E-state index contributed by atoms with van der Waals surface area (Å²) in [5, 5.41) is 47.3. The van der Waals surface area contributed by atoms with Crippen molar-refractivity contribution < 1.29 is 24.4 Å². The molecule has 0 unspecified atom stereocenters. The van der Waals surface area contributed by atoms with E-state index in [2.05, 4.69) is 27.2 Å². The maximum absolute atomic E-state index is 12.6. The molecule has 59 heavy (non-hydrogen) atoms. The van der Waals surface area contributed by atoms with Gasteiger partial charge >= 0.3 is 7.12 Å². The molecule has 3 heterocycles. The van der Waals surface area contributed by atoms with E-state index in [9.17, 15) is 14.4 Å². The highest BCUT2D eigenvalue weighted by atomic mass is 16.4. The first-order valence-electron chi connectivity index (χ1n) is 18.6. The zero-order valence-electron chi connectivity index (χ0n) is 31.8. The Hall–Kier alpha value is -7.66. The number of likely N-dealkylation sites (tertiary alicyclic amines) is 1. The Bertz CT molecular complexity index is 2610. The van der Waals surface area contributed by atoms with E-state index in [0.717, 1.165) is 29.5 Å². The summed E-state index contributed by atoms with van der Waals surface area (Å²) in [4.78, 5) is 47.3. The van der Waals surface area contributed by atoms with Crippen LogP contribution in [0.25, 0.3) is 22.3 Å². The largest absolute Gasteiger partial charge is 0.488 e. The number of nitriles is 2. The average molecular weight is 787 g/mol. The Kier molecular flexibility index (Phi) is 13.2. The molecule has 0 saturated carbocycles. The highest BCUT2D eigenvalue weighted by Crippen LogP contribution is 2.34. The molecular formula is C43H39BN10O5. The van der Waals surface area contributed by atoms with Crippen LogP contribution in [0.2, 0.25) is 0 Å². The van der Waals surface area contributed by atoms with Crippen molar-refractivity contribution >= 4 is 47.2 Å². The summed E-state index contributed by atoms with van der Waals surface area (Å²) in [6.07, 6.45) is 4.44. The Morgan fingerprint density at radius 1 is 0.864 bits per heavy atom. The smallest absolute Gasteiger partial charge is 0.423 e. The van der Waals surface area contributed by atoms with E-state index < -0.39 is 7.12 Å². The van der Waals surface area contributed by atoms with Crippen LogP contribution in [0, 0.1) is 22.7 Å². The molecule has 15 nitrogen and oxygen atoms in total. The molecule has 0 spiro atoms. The standard InChI is InChI=1S/C28H26N8O2.C15H13BN2O3/c1-2-23(37)35-11-5-10-22(16-35)36-27-24(26(30)32-17-33-27)25(34-36)20-8-4-7-19(13-20)15-31-28(38)21-9-3-6-18(12-21)14-29;17-9-11-3-1-5-13(7-11)15(19)18-10-12-4-2-6-14(8-12)16(20)21/h2-4,6-9,12-13,17,22H,1,5,10-11,15-16H2,(H,31,38)(H2,30,32,33);1-8,20-21H,10H2,(H,18,19)/t22-;/m1./s1. The molecule has 6 N–H and O–H groups in total. The topological polar surface area (TPSA) is 236 Å². The summed E-state index contributed by atoms with van der Waals surface area (Å²) >= 11 is 0. The Balaban J connectivity index is 0.000000236. The van der Waals surface area contributed by atoms with Crippen molar-refractivity contribution in [1.29, 1.82) is 10.5 Å². The molecular weight excluding hydrogens is 747 g/mol. The average Bonchev–Trinajstić information content (AvgIpc) is 3.68. The van der Waals surface area contributed by atoms with E-state index in [1.54, 1.807) is 71.6 Å². The minimum atomic E-state index is -1.53. The van der Waals surface area contributed by atoms with Gasteiger partial charge in [0.05, 0.1) is 34.7 Å². The SMILES string of the molecule is C=CC(=O)N1CCC[C@@H](n2nc(-c3cccc(CNC(=O)c4cccc(C#N)c4)c3)c3c(N)ncnc32)C1.N#Cc1cccc(C(=O)NCc2cccc(B(O)O)c2)c1. The number of rotatable bonds is 10. The van der Waals surface area contributed by atoms with Gasteiger partial charge in [-0.25, -0.2) is 14.6 Å². The Labute approximate surface area is 340 Å². The number of amides is 3. The van der Waals surface area contributed by atoms with Gasteiger partial charge in [0.1, 0.15) is 17.8 Å². The first kappa shape index (κ1) is 41.0. The molecule has 2 aromatic heterocycles. The first-order valence-corrected chi connectivity index (χ1v) is 18.6. The second kappa shape index (κ2) is 19.0. The van der Waals surface area contributed by atoms with Gasteiger partial charge in [0.25, 0.3) is 11.8 Å². The van der Waals surface area contributed by atoms with E-state index in [4.69, 9.17) is 31.4 Å². The fourth-order valence-electron chi connectivity index (χ4n) is 6.66. The number of nitrogen functional groups attached to an aromatic ring is 1. The van der Waals surface area contributed by atoms with Crippen molar-refractivity contribution in [3.63, 3.8) is 0 Å². The first-order chi connectivity index (χ1) is 28.6. The van der Waals surface area contributed by atoms with Crippen LogP contribution < -0.4 is 21.8 Å². The lowest BCUT2D eigenvalue weighted by Crippen LogP contribution is -2.40. The minimum absolute atomic E-state index is 0.0650. The van der Waals surface area contributed by atoms with Crippen molar-refractivity contribution in [3.05, 3.63) is 149 Å². The van der Waals surface area contributed by atoms with Crippen molar-refractivity contribution in [1.82, 2.24) is 35.3 Å². The molecule has 4 aromatic carbocycles. The lowest BCUT2D eigenvalue weighted by molar-refractivity contribution is -0.127. The highest BCUT2D eigenvalue weighted by molar-refractivity contribution is 6.58. The number of hydrogen-bond donors (Lipinski definition) is 5. The number of carbonyl (C=O) groups is 3. The van der Waals surface area contributed by atoms with Crippen LogP contribution in [0.1, 0.15) is 61.9 Å². The normalized spacial score (nSPS) is 13.2. The van der Waals surface area contributed by atoms with Crippen molar-refractivity contribution in [3.8, 4) is 23.4 Å². The van der Waals surface area contributed by atoms with E-state index in [1.807, 2.05) is 41.1 Å². The van der Waals surface area contributed by atoms with Crippen LogP contribution in [-0.4, -0.2) is 72.6 Å². The second-order valence-corrected chi connectivity index (χ2v) is 13.6. The number of piperidine rings is 1. The summed E-state index contributed by atoms with van der Waals surface area (Å²) in [5.74, 6) is -0.338. The van der Waals surface area contributed by atoms with Crippen LogP contribution in [0.15, 0.2) is 116 Å². The summed E-state index contributed by atoms with van der Waals surface area (Å²) in [5.41, 5.74) is 12.0. The number of aromatic nitrogens is 4. The molecule has 1 aliphatic heterocycles. The Morgan fingerprint density at radius 2 is 1.47 bits per heavy atom. The minimum Gasteiger partial charge on any atom is -0.423 e. The third kappa shape index (κ3) is 10.0. The number of nitrogens with one attached hydrogen (secondary N) is 2. The van der Waals surface area contributed by atoms with Crippen LogP contribution >= 0.6 is 0 Å². The predicted octanol–water partition coefficient (Wildman–Crippen LogP) is 3.39. The van der Waals surface area contributed by atoms with Gasteiger partial charge in [-0.15, -0.1) is 0 Å². The fraction of sp³-hybridized carbons (Fsp3) is 0.163. The predicted molar refractivity (Wildman–Crippen MR) is 221 cm³/mol. The van der Waals surface area contributed by atoms with Gasteiger partial charge in [-0.05, 0) is 78.0 Å². The zero-order chi connectivity index (χ0) is 41.9. The molecule has 16 heteroatoms. The van der Waals surface area contributed by atoms with E-state index in [0.29, 0.717) is 63.4 Å². The van der Waals surface area contributed by atoms with Crippen LogP contribution in [0.5, 0.6) is 0 Å². The van der Waals surface area contributed by atoms with E-state index in [-0.39, 0.29) is 36.9 Å². The van der Waals surface area contributed by atoms with Crippen molar-refractivity contribution in [2.45, 2.75) is 32.0 Å². The lowest BCUT2D eigenvalue weighted by atomic mass is 9.79. The van der Waals surface area contributed by atoms with Crippen molar-refractivity contribution in [2.75, 3.05) is 18.8 Å². The number of hydrogen-bond acceptors (Lipinski definition) is 11. The van der Waals surface area contributed by atoms with E-state index in [1.165, 1.54) is 18.5 Å². The van der Waals surface area contributed by atoms with Gasteiger partial charge in [-0.3, -0.25) is 14.4 Å². The molecule has 294 valence electrons. The van der Waals surface area contributed by atoms with Gasteiger partial charge in [-0.2, -0.15) is 15.6 Å². The summed E-state index contributed by atoms with van der Waals surface area (Å²) in [6, 6.07) is 31.3. The van der Waals surface area contributed by atoms with Crippen LogP contribution in [0.3, 0.4) is 0 Å². The number of nitrogens with zero attached hydrogens (tertiary/aromatic N) is 7. The number of carbonyl (C=O) groups excluding carboxylic acids is 3. The van der Waals surface area contributed by atoms with Gasteiger partial charge in [0, 0.05) is 42.9 Å². The second-order valence-electron chi connectivity index (χ2n) is 13.6. The molecule has 1 saturated heterocycles. The van der Waals surface area contributed by atoms with Gasteiger partial charge in [0.2, 0.25) is 5.91 Å². The molecule has 0 bridgehead atoms. The quantitative estimate of drug-likeness (QED) is 0.0997. The Morgan fingerprint density at radius 3 is 2.08 bits per heavy atom. The fourth-order valence-corrected chi connectivity index (χ4v) is 6.66. The van der Waals surface area contributed by atoms with Crippen molar-refractivity contribution in [2.24, 2.45) is 0 Å². The molecule has 1 fully saturated rings.